The standard InChI is InChI=1S/C6H3BrNO2.CH3.Nd/c7-5-3-4(6(9)10)1-2-8-5;;/h2-3H,(H,9,10);1H3;/q2*-1;. The van der Waals surface area contributed by atoms with Gasteiger partial charge >= 0.3 is 0 Å². The molecule has 0 atom stereocenters. The number of pyridine rings is 1. The van der Waals surface area contributed by atoms with E-state index >= 15 is 0 Å². The number of aromatic carboxylic acids is 1. The Morgan fingerprint density at radius 1 is 1.67 bits per heavy atom. The summed E-state index contributed by atoms with van der Waals surface area (Å²) in [6.45, 7) is 0. The van der Waals surface area contributed by atoms with Gasteiger partial charge in [0.15, 0.2) is 0 Å². The summed E-state index contributed by atoms with van der Waals surface area (Å²) in [6.07, 6.45) is 1.31. The first kappa shape index (κ1) is 14.9. The van der Waals surface area contributed by atoms with Crippen LogP contribution in [0.4, 0.5) is 0 Å². The summed E-state index contributed by atoms with van der Waals surface area (Å²) < 4.78 is 0.503. The topological polar surface area (TPSA) is 50.2 Å². The maximum atomic E-state index is 10.3. The summed E-state index contributed by atoms with van der Waals surface area (Å²) >= 11 is 3.04. The van der Waals surface area contributed by atoms with Crippen LogP contribution in [-0.4, -0.2) is 16.1 Å². The Kier molecular flexibility index (Phi) is 8.61. The van der Waals surface area contributed by atoms with E-state index in [4.69, 9.17) is 5.11 Å². The van der Waals surface area contributed by atoms with E-state index in [1.807, 2.05) is 0 Å². The number of halogens is 1. The number of carbonyl (C=O) groups is 1. The molecule has 1 aromatic rings. The first-order valence-corrected chi connectivity index (χ1v) is 3.26. The van der Waals surface area contributed by atoms with Gasteiger partial charge in [0, 0.05) is 40.8 Å². The van der Waals surface area contributed by atoms with Crippen molar-refractivity contribution in [3.63, 3.8) is 0 Å². The van der Waals surface area contributed by atoms with Crippen LogP contribution in [0.1, 0.15) is 10.4 Å². The van der Waals surface area contributed by atoms with E-state index in [-0.39, 0.29) is 53.8 Å². The average Bonchev–Trinajstić information content (AvgIpc) is 1.88. The van der Waals surface area contributed by atoms with E-state index in [0.29, 0.717) is 4.60 Å². The van der Waals surface area contributed by atoms with Gasteiger partial charge in [0.2, 0.25) is 5.97 Å². The molecule has 0 saturated carbocycles. The van der Waals surface area contributed by atoms with Crippen molar-refractivity contribution in [2.24, 2.45) is 0 Å². The summed E-state index contributed by atoms with van der Waals surface area (Å²) in [4.78, 5) is 14.0. The Labute approximate surface area is 112 Å². The summed E-state index contributed by atoms with van der Waals surface area (Å²) in [5.74, 6) is -0.997. The number of hydrogen-bond acceptors (Lipinski definition) is 2. The summed E-state index contributed by atoms with van der Waals surface area (Å²) in [5, 5.41) is 8.43. The Bertz CT molecular complexity index is 267. The SMILES string of the molecule is O=C(O)c1[c-]cnc(Br)c1.[CH3-].[Nd]. The molecule has 0 unspecified atom stereocenters. The fraction of sp³-hybridized carbons (Fsp3) is 0. The van der Waals surface area contributed by atoms with E-state index in [2.05, 4.69) is 27.0 Å². The molecule has 1 rings (SSSR count). The zero-order chi connectivity index (χ0) is 7.56. The normalized spacial score (nSPS) is 7.75. The zero-order valence-electron chi connectivity index (χ0n) is 6.34. The minimum atomic E-state index is -0.997. The van der Waals surface area contributed by atoms with Crippen LogP contribution >= 0.6 is 15.9 Å². The van der Waals surface area contributed by atoms with Crippen LogP contribution in [0.5, 0.6) is 0 Å². The van der Waals surface area contributed by atoms with Crippen molar-refractivity contribution in [3.05, 3.63) is 35.9 Å². The second-order valence-corrected chi connectivity index (χ2v) is 2.40. The van der Waals surface area contributed by atoms with E-state index < -0.39 is 5.97 Å². The first-order chi connectivity index (χ1) is 4.70. The molecule has 3 nitrogen and oxygen atoms in total. The van der Waals surface area contributed by atoms with Crippen LogP contribution in [0.25, 0.3) is 0 Å². The fourth-order valence-corrected chi connectivity index (χ4v) is 0.816. The third kappa shape index (κ3) is 4.47. The molecule has 1 N–H and O–H groups in total. The van der Waals surface area contributed by atoms with E-state index in [9.17, 15) is 4.79 Å². The molecule has 12 heavy (non-hydrogen) atoms. The second-order valence-electron chi connectivity index (χ2n) is 1.59. The smallest absolute Gasteiger partial charge is 0.217 e. The summed E-state index contributed by atoms with van der Waals surface area (Å²) in [6, 6.07) is 3.86. The number of hydrogen-bond donors (Lipinski definition) is 1. The van der Waals surface area contributed by atoms with Gasteiger partial charge < -0.3 is 17.3 Å². The van der Waals surface area contributed by atoms with Crippen LogP contribution in [0.2, 0.25) is 0 Å². The van der Waals surface area contributed by atoms with Gasteiger partial charge in [0.1, 0.15) is 0 Å². The van der Waals surface area contributed by atoms with Crippen molar-refractivity contribution in [3.8, 4) is 0 Å². The van der Waals surface area contributed by atoms with Gasteiger partial charge in [-0.1, -0.05) is 0 Å². The molecule has 5 heteroatoms. The van der Waals surface area contributed by atoms with Crippen molar-refractivity contribution >= 4 is 21.9 Å². The van der Waals surface area contributed by atoms with Crippen LogP contribution < -0.4 is 0 Å². The number of nitrogens with zero attached hydrogens (tertiary/aromatic N) is 1. The maximum Gasteiger partial charge on any atom is 0.217 e. The predicted molar refractivity (Wildman–Crippen MR) is 44.1 cm³/mol. The van der Waals surface area contributed by atoms with E-state index in [1.54, 1.807) is 0 Å². The first-order valence-electron chi connectivity index (χ1n) is 2.46. The van der Waals surface area contributed by atoms with Gasteiger partial charge in [-0.2, -0.15) is 0 Å². The minimum absolute atomic E-state index is 0. The van der Waals surface area contributed by atoms with Crippen LogP contribution in [-0.2, 0) is 0 Å². The molecule has 0 aliphatic rings. The Morgan fingerprint density at radius 3 is 2.58 bits per heavy atom. The number of carboxylic acids is 1. The number of rotatable bonds is 1. The van der Waals surface area contributed by atoms with Crippen molar-refractivity contribution < 1.29 is 50.7 Å². The van der Waals surface area contributed by atoms with Crippen molar-refractivity contribution in [1.82, 2.24) is 4.98 Å². The second kappa shape index (κ2) is 6.91. The van der Waals surface area contributed by atoms with Crippen molar-refractivity contribution in [2.75, 3.05) is 0 Å². The monoisotopic (exact) mass is 357 g/mol. The molecule has 0 aliphatic heterocycles. The Balaban J connectivity index is 0. The van der Waals surface area contributed by atoms with Gasteiger partial charge in [-0.05, 0) is 22.1 Å². The molecule has 0 aliphatic carbocycles. The Morgan fingerprint density at radius 2 is 2.25 bits per heavy atom. The largest absolute Gasteiger partial charge is 0.535 e. The molecule has 0 saturated heterocycles. The fourth-order valence-electron chi connectivity index (χ4n) is 0.485. The molecule has 1 aromatic heterocycles. The third-order valence-corrected chi connectivity index (χ3v) is 1.34. The minimum Gasteiger partial charge on any atom is -0.535 e. The molecule has 0 fully saturated rings. The van der Waals surface area contributed by atoms with Crippen LogP contribution in [0.3, 0.4) is 0 Å². The van der Waals surface area contributed by atoms with Gasteiger partial charge in [-0.15, -0.1) is 17.7 Å². The predicted octanol–water partition coefficient (Wildman–Crippen LogP) is 1.79. The average molecular weight is 360 g/mol. The van der Waals surface area contributed by atoms with Gasteiger partial charge in [-0.25, -0.2) is 0 Å². The van der Waals surface area contributed by atoms with Gasteiger partial charge in [0.25, 0.3) is 0 Å². The molecule has 0 spiro atoms. The number of carboxylic acid groups (broad SMARTS) is 1. The zero-order valence-corrected chi connectivity index (χ0v) is 11.1. The van der Waals surface area contributed by atoms with E-state index in [1.165, 1.54) is 12.3 Å². The van der Waals surface area contributed by atoms with Gasteiger partial charge in [0.05, 0.1) is 4.60 Å². The molecular formula is C7H6BrNNdO2-2. The third-order valence-electron chi connectivity index (χ3n) is 0.902. The van der Waals surface area contributed by atoms with Crippen molar-refractivity contribution in [2.45, 2.75) is 0 Å². The van der Waals surface area contributed by atoms with Crippen molar-refractivity contribution in [1.29, 1.82) is 0 Å². The molecule has 64 valence electrons. The number of aromatic nitrogens is 1. The van der Waals surface area contributed by atoms with E-state index in [0.717, 1.165) is 0 Å². The van der Waals surface area contributed by atoms with Crippen LogP contribution in [0, 0.1) is 54.3 Å². The van der Waals surface area contributed by atoms with Gasteiger partial charge in [-0.3, -0.25) is 4.98 Å². The molecular weight excluding hydrogens is 354 g/mol. The van der Waals surface area contributed by atoms with Crippen LogP contribution in [0.15, 0.2) is 16.9 Å². The Hall–Kier alpha value is 0.451. The summed E-state index contributed by atoms with van der Waals surface area (Å²) in [5.41, 5.74) is 0.113. The molecule has 0 radical (unpaired) electrons. The molecule has 0 aromatic carbocycles. The summed E-state index contributed by atoms with van der Waals surface area (Å²) in [7, 11) is 0. The quantitative estimate of drug-likeness (QED) is 0.614. The molecule has 1 heterocycles. The maximum absolute atomic E-state index is 10.3. The molecule has 0 bridgehead atoms. The molecule has 0 amide bonds.